The van der Waals surface area contributed by atoms with Gasteiger partial charge in [-0.3, -0.25) is 0 Å². The van der Waals surface area contributed by atoms with E-state index >= 15 is 0 Å². The second-order valence-corrected chi connectivity index (χ2v) is 1.88. The van der Waals surface area contributed by atoms with Crippen LogP contribution in [-0.2, 0) is 14.4 Å². The summed E-state index contributed by atoms with van der Waals surface area (Å²) >= 11 is 5.10. The van der Waals surface area contributed by atoms with Crippen molar-refractivity contribution < 1.29 is 14.4 Å². The van der Waals surface area contributed by atoms with Gasteiger partial charge in [0.05, 0.1) is 0 Å². The summed E-state index contributed by atoms with van der Waals surface area (Å²) in [5.74, 6) is -0.805. The van der Waals surface area contributed by atoms with Crippen molar-refractivity contribution in [1.82, 2.24) is 0 Å². The molecule has 0 aliphatic heterocycles. The van der Waals surface area contributed by atoms with E-state index in [-0.39, 0.29) is 18.3 Å². The molecule has 0 atom stereocenters. The van der Waals surface area contributed by atoms with Gasteiger partial charge in [0.2, 0.25) is 0 Å². The van der Waals surface area contributed by atoms with Crippen LogP contribution in [0.1, 0.15) is 0 Å². The number of carbonyl (C=O) groups excluding carboxylic acids is 1. The average molecular weight is 181 g/mol. The number of hydrogen-bond acceptors (Lipinski definition) is 4. The van der Waals surface area contributed by atoms with E-state index in [9.17, 15) is 4.79 Å². The number of nitrogens with zero attached hydrogens (tertiary/aromatic N) is 1. The molecule has 0 saturated carbocycles. The Kier molecular flexibility index (Phi) is 5.50. The Bertz CT molecular complexity index is 160. The van der Waals surface area contributed by atoms with Gasteiger partial charge in [0, 0.05) is 7.11 Å². The van der Waals surface area contributed by atoms with Gasteiger partial charge in [0.25, 0.3) is 0 Å². The van der Waals surface area contributed by atoms with Gasteiger partial charge in [-0.1, -0.05) is 5.16 Å². The van der Waals surface area contributed by atoms with E-state index in [1.807, 2.05) is 0 Å². The fourth-order valence-electron chi connectivity index (χ4n) is 0.308. The number of amidine groups is 1. The highest BCUT2D eigenvalue weighted by molar-refractivity contribution is 6.26. The molecule has 0 aromatic heterocycles. The van der Waals surface area contributed by atoms with Crippen molar-refractivity contribution in [3.05, 3.63) is 0 Å². The molecule has 0 radical (unpaired) electrons. The normalized spacial score (nSPS) is 11.3. The molecule has 64 valence electrons. The Hall–Kier alpha value is -0.810. The lowest BCUT2D eigenvalue weighted by Crippen LogP contribution is -2.19. The van der Waals surface area contributed by atoms with Crippen LogP contribution in [0, 0.1) is 0 Å². The Morgan fingerprint density at radius 3 is 2.82 bits per heavy atom. The monoisotopic (exact) mass is 180 g/mol. The van der Waals surface area contributed by atoms with Crippen molar-refractivity contribution in [2.75, 3.05) is 19.6 Å². The number of methoxy groups -OCH3 is 1. The highest BCUT2D eigenvalue weighted by atomic mass is 35.5. The van der Waals surface area contributed by atoms with Gasteiger partial charge >= 0.3 is 5.97 Å². The minimum atomic E-state index is -0.647. The van der Waals surface area contributed by atoms with E-state index in [2.05, 4.69) is 14.7 Å². The maximum absolute atomic E-state index is 10.4. The van der Waals surface area contributed by atoms with Gasteiger partial charge in [-0.15, -0.1) is 11.6 Å². The third-order valence-electron chi connectivity index (χ3n) is 0.666. The summed E-state index contributed by atoms with van der Waals surface area (Å²) in [6, 6.07) is 0. The number of hydrogen-bond donors (Lipinski definition) is 1. The van der Waals surface area contributed by atoms with Crippen molar-refractivity contribution in [1.29, 1.82) is 0 Å². The number of oxime groups is 1. The van der Waals surface area contributed by atoms with Crippen molar-refractivity contribution >= 4 is 23.4 Å². The maximum Gasteiger partial charge on any atom is 0.349 e. The molecule has 0 unspecified atom stereocenters. The highest BCUT2D eigenvalue weighted by Gasteiger charge is 1.98. The lowest BCUT2D eigenvalue weighted by Gasteiger charge is -1.96. The molecule has 0 heterocycles. The number of alkyl halides is 1. The molecular formula is C5H9ClN2O3. The van der Waals surface area contributed by atoms with E-state index in [0.717, 1.165) is 0 Å². The van der Waals surface area contributed by atoms with Crippen LogP contribution >= 0.6 is 11.6 Å². The largest absolute Gasteiger partial charge is 0.382 e. The van der Waals surface area contributed by atoms with Crippen LogP contribution in [-0.4, -0.2) is 31.4 Å². The molecule has 0 saturated heterocycles. The number of nitrogens with two attached hydrogens (primary N) is 1. The summed E-state index contributed by atoms with van der Waals surface area (Å²) < 4.78 is 4.59. The summed E-state index contributed by atoms with van der Waals surface area (Å²) in [6.45, 7) is 0.121. The molecule has 0 aromatic rings. The first-order chi connectivity index (χ1) is 5.20. The smallest absolute Gasteiger partial charge is 0.349 e. The molecule has 0 amide bonds. The second-order valence-electron chi connectivity index (χ2n) is 1.61. The van der Waals surface area contributed by atoms with Crippen LogP contribution in [0.5, 0.6) is 0 Å². The number of halogens is 1. The number of ether oxygens (including phenoxy) is 1. The lowest BCUT2D eigenvalue weighted by atomic mass is 10.7. The molecule has 0 aromatic carbocycles. The zero-order chi connectivity index (χ0) is 8.69. The maximum atomic E-state index is 10.4. The van der Waals surface area contributed by atoms with Crippen LogP contribution in [0.4, 0.5) is 0 Å². The van der Waals surface area contributed by atoms with Crippen LogP contribution < -0.4 is 5.73 Å². The van der Waals surface area contributed by atoms with E-state index in [4.69, 9.17) is 17.3 Å². The summed E-state index contributed by atoms with van der Waals surface area (Å²) in [7, 11) is 1.45. The van der Waals surface area contributed by atoms with Gasteiger partial charge in [0.1, 0.15) is 12.5 Å². The van der Waals surface area contributed by atoms with E-state index < -0.39 is 5.97 Å². The second kappa shape index (κ2) is 5.94. The molecule has 0 rings (SSSR count). The van der Waals surface area contributed by atoms with E-state index in [1.165, 1.54) is 7.11 Å². The van der Waals surface area contributed by atoms with Crippen molar-refractivity contribution in [2.24, 2.45) is 10.9 Å². The predicted octanol–water partition coefficient (Wildman–Crippen LogP) is -0.313. The van der Waals surface area contributed by atoms with Gasteiger partial charge in [-0.05, 0) is 0 Å². The summed E-state index contributed by atoms with van der Waals surface area (Å²) in [5.41, 5.74) is 5.19. The lowest BCUT2D eigenvalue weighted by molar-refractivity contribution is -0.140. The zero-order valence-corrected chi connectivity index (χ0v) is 6.80. The average Bonchev–Trinajstić information content (AvgIpc) is 2.01. The highest BCUT2D eigenvalue weighted by Crippen LogP contribution is 1.83. The fraction of sp³-hybridized carbons (Fsp3) is 0.600. The van der Waals surface area contributed by atoms with Crippen LogP contribution in [0.25, 0.3) is 0 Å². The third-order valence-corrected chi connectivity index (χ3v) is 0.884. The summed E-state index contributed by atoms with van der Waals surface area (Å²) in [5, 5.41) is 3.22. The van der Waals surface area contributed by atoms with Crippen molar-refractivity contribution in [3.63, 3.8) is 0 Å². The fourth-order valence-corrected chi connectivity index (χ4v) is 0.357. The van der Waals surface area contributed by atoms with Gasteiger partial charge in [-0.2, -0.15) is 0 Å². The predicted molar refractivity (Wildman–Crippen MR) is 40.3 cm³/mol. The van der Waals surface area contributed by atoms with E-state index in [1.54, 1.807) is 0 Å². The van der Waals surface area contributed by atoms with Gasteiger partial charge in [-0.25, -0.2) is 4.79 Å². The van der Waals surface area contributed by atoms with Crippen molar-refractivity contribution in [3.8, 4) is 0 Å². The Labute approximate surface area is 69.1 Å². The van der Waals surface area contributed by atoms with Gasteiger partial charge < -0.3 is 15.3 Å². The van der Waals surface area contributed by atoms with Crippen LogP contribution in [0.3, 0.4) is 0 Å². The molecular weight excluding hydrogens is 172 g/mol. The van der Waals surface area contributed by atoms with Crippen LogP contribution in [0.15, 0.2) is 5.16 Å². The molecule has 5 nitrogen and oxygen atoms in total. The zero-order valence-electron chi connectivity index (χ0n) is 6.04. The SMILES string of the molecule is COC/C(N)=N/OC(=O)CCl. The summed E-state index contributed by atoms with van der Waals surface area (Å²) in [6.07, 6.45) is 0. The molecule has 0 bridgehead atoms. The Balaban J connectivity index is 3.63. The standard InChI is InChI=1S/C5H9ClN2O3/c1-10-3-4(7)8-11-5(9)2-6/h2-3H2,1H3,(H2,7,8). The first-order valence-electron chi connectivity index (χ1n) is 2.77. The quantitative estimate of drug-likeness (QED) is 0.212. The van der Waals surface area contributed by atoms with Crippen LogP contribution in [0.2, 0.25) is 0 Å². The topological polar surface area (TPSA) is 73.9 Å². The molecule has 0 aliphatic carbocycles. The first-order valence-corrected chi connectivity index (χ1v) is 3.31. The molecule has 2 N–H and O–H groups in total. The molecule has 0 fully saturated rings. The molecule has 0 spiro atoms. The summed E-state index contributed by atoms with van der Waals surface area (Å²) in [4.78, 5) is 14.6. The number of carbonyl (C=O) groups is 1. The minimum absolute atomic E-state index is 0.0889. The third kappa shape index (κ3) is 5.63. The van der Waals surface area contributed by atoms with Gasteiger partial charge in [0.15, 0.2) is 5.84 Å². The van der Waals surface area contributed by atoms with Crippen molar-refractivity contribution in [2.45, 2.75) is 0 Å². The number of rotatable bonds is 4. The molecule has 11 heavy (non-hydrogen) atoms. The first kappa shape index (κ1) is 10.2. The molecule has 6 heteroatoms. The Morgan fingerprint density at radius 1 is 1.73 bits per heavy atom. The van der Waals surface area contributed by atoms with E-state index in [0.29, 0.717) is 0 Å². The minimum Gasteiger partial charge on any atom is -0.382 e. The Morgan fingerprint density at radius 2 is 2.36 bits per heavy atom. The molecule has 0 aliphatic rings.